The van der Waals surface area contributed by atoms with Crippen LogP contribution in [0.5, 0.6) is 5.75 Å². The molecule has 2 aromatic rings. The van der Waals surface area contributed by atoms with Gasteiger partial charge in [-0.05, 0) is 29.8 Å². The summed E-state index contributed by atoms with van der Waals surface area (Å²) in [6.07, 6.45) is 1.04. The highest BCUT2D eigenvalue weighted by molar-refractivity contribution is 7.78. The minimum absolute atomic E-state index is 0.803. The molecule has 5 nitrogen and oxygen atoms in total. The third kappa shape index (κ3) is 4.10. The van der Waals surface area contributed by atoms with Gasteiger partial charge in [0.1, 0.15) is 17.2 Å². The molecular formula is C22H30N2O3P+. The van der Waals surface area contributed by atoms with Crippen LogP contribution in [0.2, 0.25) is 0 Å². The lowest BCUT2D eigenvalue weighted by atomic mass is 10.2. The molecule has 2 aliphatic rings. The summed E-state index contributed by atoms with van der Waals surface area (Å²) < 4.78 is 22.3. The van der Waals surface area contributed by atoms with E-state index < -0.39 is 7.56 Å². The van der Waals surface area contributed by atoms with Crippen molar-refractivity contribution in [2.75, 3.05) is 59.7 Å². The van der Waals surface area contributed by atoms with E-state index in [-0.39, 0.29) is 0 Å². The Kier molecular flexibility index (Phi) is 6.61. The Balaban J connectivity index is 1.81. The summed E-state index contributed by atoms with van der Waals surface area (Å²) in [6.45, 7) is 7.12. The molecule has 150 valence electrons. The Labute approximate surface area is 168 Å². The minimum atomic E-state index is -1.80. The van der Waals surface area contributed by atoms with Crippen molar-refractivity contribution >= 4 is 12.9 Å². The third-order valence-electron chi connectivity index (χ3n) is 5.64. The highest BCUT2D eigenvalue weighted by atomic mass is 31.2. The van der Waals surface area contributed by atoms with E-state index in [1.54, 1.807) is 7.11 Å². The van der Waals surface area contributed by atoms with E-state index in [0.717, 1.165) is 64.5 Å². The molecule has 4 rings (SSSR count). The quantitative estimate of drug-likeness (QED) is 0.695. The SMILES string of the molecule is COc1ccc([P+](Cc2ccccc2)(N2CCOCC2)N2CCOCC2)cc1. The maximum atomic E-state index is 5.72. The standard InChI is InChI=1S/C22H30N2O3P/c1-25-21-7-9-22(10-8-21)28(23-11-15-26-16-12-23,24-13-17-27-18-14-24)19-20-5-3-2-4-6-20/h2-10H,11-19H2,1H3/q+1. The van der Waals surface area contributed by atoms with Crippen molar-refractivity contribution in [1.82, 2.24) is 9.34 Å². The van der Waals surface area contributed by atoms with Gasteiger partial charge in [0.2, 0.25) is 0 Å². The summed E-state index contributed by atoms with van der Waals surface area (Å²) in [4.78, 5) is 0. The number of rotatable bonds is 6. The van der Waals surface area contributed by atoms with Gasteiger partial charge in [0, 0.05) is 0 Å². The topological polar surface area (TPSA) is 34.2 Å². The zero-order chi connectivity index (χ0) is 19.2. The van der Waals surface area contributed by atoms with Gasteiger partial charge in [-0.15, -0.1) is 0 Å². The number of ether oxygens (including phenoxy) is 3. The number of nitrogens with zero attached hydrogens (tertiary/aromatic N) is 2. The Bertz CT molecular complexity index is 711. The minimum Gasteiger partial charge on any atom is -0.497 e. The van der Waals surface area contributed by atoms with E-state index in [1.807, 2.05) is 0 Å². The van der Waals surface area contributed by atoms with Crippen LogP contribution in [0, 0.1) is 0 Å². The predicted molar refractivity (Wildman–Crippen MR) is 114 cm³/mol. The lowest BCUT2D eigenvalue weighted by molar-refractivity contribution is 0.0562. The lowest BCUT2D eigenvalue weighted by Gasteiger charge is -2.45. The summed E-state index contributed by atoms with van der Waals surface area (Å²) in [7, 11) is -0.0730. The summed E-state index contributed by atoms with van der Waals surface area (Å²) in [5.74, 6) is 0.908. The molecule has 0 saturated carbocycles. The van der Waals surface area contributed by atoms with Gasteiger partial charge in [-0.25, -0.2) is 0 Å². The molecule has 0 unspecified atom stereocenters. The van der Waals surface area contributed by atoms with Gasteiger partial charge in [-0.2, -0.15) is 9.34 Å². The van der Waals surface area contributed by atoms with Crippen molar-refractivity contribution in [2.24, 2.45) is 0 Å². The van der Waals surface area contributed by atoms with Crippen molar-refractivity contribution in [3.63, 3.8) is 0 Å². The van der Waals surface area contributed by atoms with Crippen molar-refractivity contribution < 1.29 is 14.2 Å². The van der Waals surface area contributed by atoms with E-state index in [0.29, 0.717) is 0 Å². The Hall–Kier alpha value is -1.49. The number of morpholine rings is 2. The van der Waals surface area contributed by atoms with Crippen molar-refractivity contribution in [1.29, 1.82) is 0 Å². The Morgan fingerprint density at radius 1 is 0.786 bits per heavy atom. The molecule has 0 amide bonds. The van der Waals surface area contributed by atoms with Crippen molar-refractivity contribution in [2.45, 2.75) is 6.16 Å². The van der Waals surface area contributed by atoms with Gasteiger partial charge in [0.25, 0.3) is 0 Å². The van der Waals surface area contributed by atoms with E-state index in [9.17, 15) is 0 Å². The van der Waals surface area contributed by atoms with E-state index in [4.69, 9.17) is 14.2 Å². The maximum Gasteiger partial charge on any atom is 0.190 e. The van der Waals surface area contributed by atoms with Crippen LogP contribution in [-0.2, 0) is 15.6 Å². The first-order chi connectivity index (χ1) is 13.8. The fraction of sp³-hybridized carbons (Fsp3) is 0.455. The largest absolute Gasteiger partial charge is 0.497 e. The number of benzene rings is 2. The first-order valence-corrected chi connectivity index (χ1v) is 11.9. The number of methoxy groups -OCH3 is 1. The zero-order valence-corrected chi connectivity index (χ0v) is 17.5. The van der Waals surface area contributed by atoms with Gasteiger partial charge in [-0.1, -0.05) is 30.3 Å². The lowest BCUT2D eigenvalue weighted by Crippen LogP contribution is -2.50. The molecule has 2 fully saturated rings. The molecule has 0 aliphatic carbocycles. The zero-order valence-electron chi connectivity index (χ0n) is 16.6. The highest BCUT2D eigenvalue weighted by Gasteiger charge is 2.53. The fourth-order valence-electron chi connectivity index (χ4n) is 4.22. The molecule has 2 heterocycles. The van der Waals surface area contributed by atoms with Gasteiger partial charge >= 0.3 is 0 Å². The van der Waals surface area contributed by atoms with Crippen LogP contribution < -0.4 is 10.0 Å². The molecule has 2 aromatic carbocycles. The van der Waals surface area contributed by atoms with Crippen LogP contribution in [0.1, 0.15) is 5.56 Å². The molecule has 0 aromatic heterocycles. The smallest absolute Gasteiger partial charge is 0.190 e. The molecule has 0 atom stereocenters. The molecule has 2 aliphatic heterocycles. The molecule has 0 bridgehead atoms. The predicted octanol–water partition coefficient (Wildman–Crippen LogP) is 3.03. The van der Waals surface area contributed by atoms with Crippen molar-refractivity contribution in [3.8, 4) is 5.75 Å². The number of hydrogen-bond acceptors (Lipinski definition) is 5. The fourth-order valence-corrected chi connectivity index (χ4v) is 8.82. The molecule has 0 N–H and O–H groups in total. The Morgan fingerprint density at radius 2 is 1.32 bits per heavy atom. The van der Waals surface area contributed by atoms with Crippen LogP contribution in [0.3, 0.4) is 0 Å². The van der Waals surface area contributed by atoms with Crippen LogP contribution in [-0.4, -0.2) is 69.1 Å². The summed E-state index contributed by atoms with van der Waals surface area (Å²) in [5.41, 5.74) is 1.39. The molecule has 6 heteroatoms. The third-order valence-corrected chi connectivity index (χ3v) is 10.2. The van der Waals surface area contributed by atoms with Gasteiger partial charge in [-0.3, -0.25) is 0 Å². The van der Waals surface area contributed by atoms with Gasteiger partial charge < -0.3 is 14.2 Å². The first-order valence-electron chi connectivity index (χ1n) is 10.1. The summed E-state index contributed by atoms with van der Waals surface area (Å²) in [6, 6.07) is 19.7. The molecule has 0 spiro atoms. The molecular weight excluding hydrogens is 371 g/mol. The average molecular weight is 401 g/mol. The van der Waals surface area contributed by atoms with E-state index in [1.165, 1.54) is 10.9 Å². The normalized spacial score (nSPS) is 19.5. The first kappa shape index (κ1) is 19.8. The van der Waals surface area contributed by atoms with Crippen LogP contribution in [0.25, 0.3) is 0 Å². The van der Waals surface area contributed by atoms with E-state index in [2.05, 4.69) is 63.9 Å². The van der Waals surface area contributed by atoms with Gasteiger partial charge in [0.15, 0.2) is 7.56 Å². The van der Waals surface area contributed by atoms with Crippen LogP contribution in [0.4, 0.5) is 0 Å². The maximum absolute atomic E-state index is 5.72. The Morgan fingerprint density at radius 3 is 1.82 bits per heavy atom. The van der Waals surface area contributed by atoms with Crippen molar-refractivity contribution in [3.05, 3.63) is 60.2 Å². The second-order valence-corrected chi connectivity index (χ2v) is 10.6. The summed E-state index contributed by atoms with van der Waals surface area (Å²) >= 11 is 0. The second-order valence-electron chi connectivity index (χ2n) is 7.20. The summed E-state index contributed by atoms with van der Waals surface area (Å²) in [5, 5.41) is 1.42. The molecule has 2 saturated heterocycles. The van der Waals surface area contributed by atoms with E-state index >= 15 is 0 Å². The number of hydrogen-bond donors (Lipinski definition) is 0. The monoisotopic (exact) mass is 401 g/mol. The highest BCUT2D eigenvalue weighted by Crippen LogP contribution is 2.66. The van der Waals surface area contributed by atoms with Crippen LogP contribution in [0.15, 0.2) is 54.6 Å². The van der Waals surface area contributed by atoms with Crippen LogP contribution >= 0.6 is 7.56 Å². The average Bonchev–Trinajstić information content (AvgIpc) is 2.79. The van der Waals surface area contributed by atoms with Gasteiger partial charge in [0.05, 0.1) is 59.7 Å². The molecule has 0 radical (unpaired) electrons. The molecule has 28 heavy (non-hydrogen) atoms. The second kappa shape index (κ2) is 9.34.